The van der Waals surface area contributed by atoms with Crippen LogP contribution in [0, 0.1) is 34.0 Å². The molecule has 3 heteroatoms. The number of aliphatic hydroxyl groups is 1. The third-order valence-corrected chi connectivity index (χ3v) is 9.47. The van der Waals surface area contributed by atoms with E-state index >= 15 is 0 Å². The quantitative estimate of drug-likeness (QED) is 0.391. The van der Waals surface area contributed by atoms with Crippen LogP contribution in [0.5, 0.6) is 0 Å². The number of fused-ring (bicyclic) bond motifs is 5. The van der Waals surface area contributed by atoms with Crippen molar-refractivity contribution in [2.24, 2.45) is 39.2 Å². The summed E-state index contributed by atoms with van der Waals surface area (Å²) >= 11 is 0. The Bertz CT molecular complexity index is 626. The molecule has 0 aliphatic heterocycles. The van der Waals surface area contributed by atoms with Crippen molar-refractivity contribution in [3.63, 3.8) is 0 Å². The minimum Gasteiger partial charge on any atom is -0.411 e. The van der Waals surface area contributed by atoms with Crippen molar-refractivity contribution in [1.82, 2.24) is 0 Å². The van der Waals surface area contributed by atoms with Crippen LogP contribution in [0.25, 0.3) is 0 Å². The first-order chi connectivity index (χ1) is 11.7. The van der Waals surface area contributed by atoms with Gasteiger partial charge in [0.15, 0.2) is 0 Å². The van der Waals surface area contributed by atoms with Crippen LogP contribution in [0.15, 0.2) is 16.8 Å². The molecular formula is C22H35NO2. The summed E-state index contributed by atoms with van der Waals surface area (Å²) in [6, 6.07) is 0. The van der Waals surface area contributed by atoms with Gasteiger partial charge >= 0.3 is 0 Å². The summed E-state index contributed by atoms with van der Waals surface area (Å²) in [6.45, 7) is 9.37. The Hall–Kier alpha value is -0.830. The Morgan fingerprint density at radius 2 is 1.84 bits per heavy atom. The zero-order chi connectivity index (χ0) is 18.0. The number of oxime groups is 1. The molecule has 3 saturated carbocycles. The molecule has 0 spiro atoms. The summed E-state index contributed by atoms with van der Waals surface area (Å²) < 4.78 is 0. The van der Waals surface area contributed by atoms with Gasteiger partial charge in [0.25, 0.3) is 0 Å². The minimum atomic E-state index is -0.0911. The highest BCUT2D eigenvalue weighted by Crippen LogP contribution is 2.69. The Labute approximate surface area is 152 Å². The molecule has 4 rings (SSSR count). The average Bonchev–Trinajstić information content (AvgIpc) is 2.92. The molecule has 140 valence electrons. The first-order valence-corrected chi connectivity index (χ1v) is 10.3. The minimum absolute atomic E-state index is 0.0911. The molecule has 4 aliphatic carbocycles. The Balaban J connectivity index is 1.65. The number of allylic oxidation sites excluding steroid dienone is 2. The van der Waals surface area contributed by atoms with Crippen molar-refractivity contribution in [1.29, 1.82) is 0 Å². The topological polar surface area (TPSA) is 52.8 Å². The zero-order valence-electron chi connectivity index (χ0n) is 16.4. The van der Waals surface area contributed by atoms with E-state index in [4.69, 9.17) is 0 Å². The van der Waals surface area contributed by atoms with Gasteiger partial charge in [-0.05, 0) is 97.9 Å². The standard InChI is InChI=1S/C22H35NO2/c1-14(23-25)17-5-6-18-16-8-10-20(2)13-15(24)7-12-22(20,4)19(16)9-11-21(17,18)3/h5,15-16,18-19,24-25H,6-13H2,1-4H3/b23-14+/t15-,16+,18+,19+,20+,21-,22-/m1/s1. The van der Waals surface area contributed by atoms with Gasteiger partial charge in [-0.3, -0.25) is 0 Å². The molecule has 0 amide bonds. The van der Waals surface area contributed by atoms with Gasteiger partial charge in [-0.1, -0.05) is 32.0 Å². The predicted molar refractivity (Wildman–Crippen MR) is 101 cm³/mol. The predicted octanol–water partition coefficient (Wildman–Crippen LogP) is 5.17. The first kappa shape index (κ1) is 17.6. The molecule has 0 bridgehead atoms. The SMILES string of the molecule is C/C(=N\O)C1=CC[C@H]2[C@@H]3CC[C@@]4(C)C[C@H](O)CC[C@]4(C)[C@H]3CC[C@]12C. The summed E-state index contributed by atoms with van der Waals surface area (Å²) in [4.78, 5) is 0. The van der Waals surface area contributed by atoms with Crippen LogP contribution in [-0.2, 0) is 0 Å². The van der Waals surface area contributed by atoms with Crippen LogP contribution in [0.4, 0.5) is 0 Å². The van der Waals surface area contributed by atoms with E-state index in [9.17, 15) is 10.3 Å². The van der Waals surface area contributed by atoms with Crippen molar-refractivity contribution in [2.45, 2.75) is 85.2 Å². The van der Waals surface area contributed by atoms with Crippen molar-refractivity contribution in [3.8, 4) is 0 Å². The molecule has 0 aromatic rings. The van der Waals surface area contributed by atoms with Crippen LogP contribution in [0.1, 0.15) is 79.1 Å². The maximum Gasteiger partial charge on any atom is 0.0799 e. The van der Waals surface area contributed by atoms with Gasteiger partial charge in [0, 0.05) is 0 Å². The summed E-state index contributed by atoms with van der Waals surface area (Å²) in [5.41, 5.74) is 2.98. The smallest absolute Gasteiger partial charge is 0.0799 e. The van der Waals surface area contributed by atoms with E-state index in [0.717, 1.165) is 36.8 Å². The lowest BCUT2D eigenvalue weighted by atomic mass is 9.40. The van der Waals surface area contributed by atoms with Crippen molar-refractivity contribution < 1.29 is 10.3 Å². The molecule has 0 heterocycles. The van der Waals surface area contributed by atoms with Crippen molar-refractivity contribution in [2.75, 3.05) is 0 Å². The lowest BCUT2D eigenvalue weighted by Crippen LogP contribution is -2.58. The Kier molecular flexibility index (Phi) is 3.92. The van der Waals surface area contributed by atoms with E-state index in [1.807, 2.05) is 6.92 Å². The molecule has 25 heavy (non-hydrogen) atoms. The maximum atomic E-state index is 10.3. The summed E-state index contributed by atoms with van der Waals surface area (Å²) in [7, 11) is 0. The largest absolute Gasteiger partial charge is 0.411 e. The Morgan fingerprint density at radius 3 is 2.56 bits per heavy atom. The summed E-state index contributed by atoms with van der Waals surface area (Å²) in [5, 5.41) is 23.1. The Morgan fingerprint density at radius 1 is 1.08 bits per heavy atom. The first-order valence-electron chi connectivity index (χ1n) is 10.3. The monoisotopic (exact) mass is 345 g/mol. The molecule has 0 unspecified atom stereocenters. The fraction of sp³-hybridized carbons (Fsp3) is 0.864. The van der Waals surface area contributed by atoms with Crippen LogP contribution < -0.4 is 0 Å². The molecular weight excluding hydrogens is 310 g/mol. The molecule has 0 aromatic heterocycles. The summed E-state index contributed by atoms with van der Waals surface area (Å²) in [6.07, 6.45) is 11.7. The van der Waals surface area contributed by atoms with Crippen LogP contribution >= 0.6 is 0 Å². The zero-order valence-corrected chi connectivity index (χ0v) is 16.4. The normalized spacial score (nSPS) is 52.8. The number of rotatable bonds is 1. The highest BCUT2D eigenvalue weighted by molar-refractivity contribution is 5.99. The molecule has 2 N–H and O–H groups in total. The average molecular weight is 346 g/mol. The number of aliphatic hydroxyl groups excluding tert-OH is 1. The van der Waals surface area contributed by atoms with E-state index in [2.05, 4.69) is 32.0 Å². The van der Waals surface area contributed by atoms with Gasteiger partial charge in [0.2, 0.25) is 0 Å². The second-order valence-corrected chi connectivity index (χ2v) is 10.3. The van der Waals surface area contributed by atoms with Crippen molar-refractivity contribution in [3.05, 3.63) is 11.6 Å². The molecule has 7 atom stereocenters. The van der Waals surface area contributed by atoms with Crippen molar-refractivity contribution >= 4 is 5.71 Å². The lowest BCUT2D eigenvalue weighted by Gasteiger charge is -2.65. The summed E-state index contributed by atoms with van der Waals surface area (Å²) in [5.74, 6) is 2.27. The maximum absolute atomic E-state index is 10.3. The van der Waals surface area contributed by atoms with Gasteiger partial charge < -0.3 is 10.3 Å². The molecule has 0 saturated heterocycles. The van der Waals surface area contributed by atoms with E-state index < -0.39 is 0 Å². The van der Waals surface area contributed by atoms with Gasteiger partial charge in [-0.15, -0.1) is 0 Å². The third-order valence-electron chi connectivity index (χ3n) is 9.47. The second-order valence-electron chi connectivity index (χ2n) is 10.3. The van der Waals surface area contributed by atoms with E-state index in [0.29, 0.717) is 16.7 Å². The van der Waals surface area contributed by atoms with Gasteiger partial charge in [-0.25, -0.2) is 0 Å². The van der Waals surface area contributed by atoms with Crippen LogP contribution in [0.2, 0.25) is 0 Å². The lowest BCUT2D eigenvalue weighted by molar-refractivity contribution is -0.164. The molecule has 3 fully saturated rings. The molecule has 0 radical (unpaired) electrons. The number of hydrogen-bond acceptors (Lipinski definition) is 3. The van der Waals surface area contributed by atoms with Gasteiger partial charge in [-0.2, -0.15) is 0 Å². The molecule has 4 aliphatic rings. The van der Waals surface area contributed by atoms with E-state index in [1.54, 1.807) is 0 Å². The van der Waals surface area contributed by atoms with Gasteiger partial charge in [0.05, 0.1) is 11.8 Å². The molecule has 0 aromatic carbocycles. The number of nitrogens with zero attached hydrogens (tertiary/aromatic N) is 1. The fourth-order valence-corrected chi connectivity index (χ4v) is 7.79. The van der Waals surface area contributed by atoms with E-state index in [-0.39, 0.29) is 11.5 Å². The third kappa shape index (κ3) is 2.23. The molecule has 3 nitrogen and oxygen atoms in total. The second kappa shape index (κ2) is 5.58. The number of hydrogen-bond donors (Lipinski definition) is 2. The van der Waals surface area contributed by atoms with Gasteiger partial charge in [0.1, 0.15) is 0 Å². The highest BCUT2D eigenvalue weighted by Gasteiger charge is 2.62. The van der Waals surface area contributed by atoms with Crippen LogP contribution in [0.3, 0.4) is 0 Å². The van der Waals surface area contributed by atoms with Crippen LogP contribution in [-0.4, -0.2) is 22.1 Å². The highest BCUT2D eigenvalue weighted by atomic mass is 16.4. The van der Waals surface area contributed by atoms with E-state index in [1.165, 1.54) is 37.7 Å². The fourth-order valence-electron chi connectivity index (χ4n) is 7.79.